The van der Waals surface area contributed by atoms with E-state index in [1.165, 1.54) is 0 Å². The first-order valence-electron chi connectivity index (χ1n) is 6.82. The number of anilines is 2. The van der Waals surface area contributed by atoms with E-state index in [1.807, 2.05) is 35.7 Å². The number of carbonyl (C=O) groups is 1. The van der Waals surface area contributed by atoms with Gasteiger partial charge in [0.15, 0.2) is 5.82 Å². The number of amides is 1. The average molecular weight is 313 g/mol. The number of hydrogen-bond donors (Lipinski definition) is 2. The quantitative estimate of drug-likeness (QED) is 0.752. The van der Waals surface area contributed by atoms with Gasteiger partial charge in [-0.05, 0) is 24.4 Å². The summed E-state index contributed by atoms with van der Waals surface area (Å²) in [6, 6.07) is 13.7. The molecule has 3 aromatic rings. The van der Waals surface area contributed by atoms with Crippen molar-refractivity contribution in [2.45, 2.75) is 6.92 Å². The Hall–Kier alpha value is -2.60. The number of aromatic nitrogens is 1. The fourth-order valence-electron chi connectivity index (χ4n) is 2.07. The largest absolute Gasteiger partial charge is 0.376 e. The van der Waals surface area contributed by atoms with Crippen LogP contribution in [0.2, 0.25) is 0 Å². The van der Waals surface area contributed by atoms with Crippen molar-refractivity contribution in [2.24, 2.45) is 0 Å². The first-order chi connectivity index (χ1) is 10.7. The minimum atomic E-state index is -0.172. The molecule has 0 aliphatic heterocycles. The maximum atomic E-state index is 11.9. The second kappa shape index (κ2) is 6.44. The van der Waals surface area contributed by atoms with Gasteiger partial charge in [-0.3, -0.25) is 4.79 Å². The lowest BCUT2D eigenvalue weighted by atomic mass is 10.1. The third-order valence-electron chi connectivity index (χ3n) is 3.05. The fourth-order valence-corrected chi connectivity index (χ4v) is 2.84. The van der Waals surface area contributed by atoms with Crippen LogP contribution >= 0.6 is 11.3 Å². The predicted octanol–water partition coefficient (Wildman–Crippen LogP) is 3.76. The van der Waals surface area contributed by atoms with Gasteiger partial charge in [-0.25, -0.2) is 0 Å². The van der Waals surface area contributed by atoms with Crippen LogP contribution in [0.1, 0.15) is 5.76 Å². The molecule has 0 saturated carbocycles. The van der Waals surface area contributed by atoms with E-state index >= 15 is 0 Å². The van der Waals surface area contributed by atoms with Gasteiger partial charge in [0.05, 0.1) is 6.54 Å². The van der Waals surface area contributed by atoms with Crippen LogP contribution in [0, 0.1) is 6.92 Å². The van der Waals surface area contributed by atoms with Gasteiger partial charge in [-0.2, -0.15) is 0 Å². The van der Waals surface area contributed by atoms with E-state index in [0.29, 0.717) is 11.6 Å². The molecule has 0 saturated heterocycles. The van der Waals surface area contributed by atoms with Crippen LogP contribution < -0.4 is 10.6 Å². The van der Waals surface area contributed by atoms with Crippen molar-refractivity contribution in [1.82, 2.24) is 5.16 Å². The highest BCUT2D eigenvalue weighted by Gasteiger charge is 2.09. The van der Waals surface area contributed by atoms with Crippen LogP contribution in [0.5, 0.6) is 0 Å². The normalized spacial score (nSPS) is 10.4. The zero-order chi connectivity index (χ0) is 15.4. The van der Waals surface area contributed by atoms with Crippen LogP contribution in [-0.4, -0.2) is 17.6 Å². The molecule has 22 heavy (non-hydrogen) atoms. The lowest BCUT2D eigenvalue weighted by molar-refractivity contribution is -0.114. The lowest BCUT2D eigenvalue weighted by Gasteiger charge is -2.10. The van der Waals surface area contributed by atoms with Gasteiger partial charge in [0.1, 0.15) is 5.76 Å². The first-order valence-corrected chi connectivity index (χ1v) is 7.70. The van der Waals surface area contributed by atoms with Crippen molar-refractivity contribution in [2.75, 3.05) is 17.2 Å². The molecule has 1 amide bonds. The molecule has 112 valence electrons. The molecule has 2 aromatic heterocycles. The SMILES string of the molecule is Cc1cc(NC(=O)CNc2ccccc2-c2cccs2)no1. The molecule has 0 atom stereocenters. The smallest absolute Gasteiger partial charge is 0.244 e. The number of hydrogen-bond acceptors (Lipinski definition) is 5. The number of benzene rings is 1. The molecular formula is C16H15N3O2S. The monoisotopic (exact) mass is 313 g/mol. The van der Waals surface area contributed by atoms with Gasteiger partial charge in [0, 0.05) is 22.2 Å². The van der Waals surface area contributed by atoms with E-state index in [1.54, 1.807) is 24.3 Å². The molecule has 0 unspecified atom stereocenters. The Labute approximate surface area is 132 Å². The number of aryl methyl sites for hydroxylation is 1. The standard InChI is InChI=1S/C16H15N3O2S/c1-11-9-15(19-21-11)18-16(20)10-17-13-6-3-2-5-12(13)14-7-4-8-22-14/h2-9,17H,10H2,1H3,(H,18,19,20). The molecule has 0 spiro atoms. The van der Waals surface area contributed by atoms with Crippen LogP contribution in [0.4, 0.5) is 11.5 Å². The van der Waals surface area contributed by atoms with Crippen molar-refractivity contribution in [3.8, 4) is 10.4 Å². The Morgan fingerprint density at radius 3 is 2.86 bits per heavy atom. The second-order valence-electron chi connectivity index (χ2n) is 4.75. The third-order valence-corrected chi connectivity index (χ3v) is 3.95. The van der Waals surface area contributed by atoms with Gasteiger partial charge in [-0.1, -0.05) is 29.4 Å². The van der Waals surface area contributed by atoms with E-state index in [2.05, 4.69) is 21.9 Å². The van der Waals surface area contributed by atoms with E-state index < -0.39 is 0 Å². The highest BCUT2D eigenvalue weighted by molar-refractivity contribution is 7.13. The number of rotatable bonds is 5. The average Bonchev–Trinajstić information content (AvgIpc) is 3.17. The maximum absolute atomic E-state index is 11.9. The molecular weight excluding hydrogens is 298 g/mol. The van der Waals surface area contributed by atoms with Gasteiger partial charge < -0.3 is 15.2 Å². The minimum absolute atomic E-state index is 0.161. The Morgan fingerprint density at radius 1 is 1.27 bits per heavy atom. The van der Waals surface area contributed by atoms with Gasteiger partial charge in [0.2, 0.25) is 5.91 Å². The molecule has 5 nitrogen and oxygen atoms in total. The fraction of sp³-hybridized carbons (Fsp3) is 0.125. The molecule has 1 aromatic carbocycles. The van der Waals surface area contributed by atoms with E-state index in [9.17, 15) is 4.79 Å². The number of nitrogens with one attached hydrogen (secondary N) is 2. The summed E-state index contributed by atoms with van der Waals surface area (Å²) in [7, 11) is 0. The zero-order valence-corrected chi connectivity index (χ0v) is 12.8. The predicted molar refractivity (Wildman–Crippen MR) is 88.1 cm³/mol. The maximum Gasteiger partial charge on any atom is 0.244 e. The van der Waals surface area contributed by atoms with E-state index in [-0.39, 0.29) is 12.5 Å². The molecule has 6 heteroatoms. The number of nitrogens with zero attached hydrogens (tertiary/aromatic N) is 1. The molecule has 2 N–H and O–H groups in total. The summed E-state index contributed by atoms with van der Waals surface area (Å²) in [6.07, 6.45) is 0. The third kappa shape index (κ3) is 3.35. The van der Waals surface area contributed by atoms with Crippen LogP contribution in [0.25, 0.3) is 10.4 Å². The number of thiophene rings is 1. The Morgan fingerprint density at radius 2 is 2.14 bits per heavy atom. The lowest BCUT2D eigenvalue weighted by Crippen LogP contribution is -2.22. The Balaban J connectivity index is 1.65. The Bertz CT molecular complexity index is 765. The highest BCUT2D eigenvalue weighted by Crippen LogP contribution is 2.31. The van der Waals surface area contributed by atoms with Crippen LogP contribution in [0.15, 0.2) is 52.4 Å². The summed E-state index contributed by atoms with van der Waals surface area (Å²) in [5, 5.41) is 11.6. The number of carbonyl (C=O) groups excluding carboxylic acids is 1. The topological polar surface area (TPSA) is 67.2 Å². The zero-order valence-electron chi connectivity index (χ0n) is 12.0. The van der Waals surface area contributed by atoms with Crippen molar-refractivity contribution in [3.05, 3.63) is 53.6 Å². The second-order valence-corrected chi connectivity index (χ2v) is 5.70. The van der Waals surface area contributed by atoms with Gasteiger partial charge >= 0.3 is 0 Å². The van der Waals surface area contributed by atoms with E-state index in [4.69, 9.17) is 4.52 Å². The molecule has 0 aliphatic rings. The molecule has 0 aliphatic carbocycles. The summed E-state index contributed by atoms with van der Waals surface area (Å²) in [6.45, 7) is 1.94. The summed E-state index contributed by atoms with van der Waals surface area (Å²) >= 11 is 1.67. The minimum Gasteiger partial charge on any atom is -0.376 e. The summed E-state index contributed by atoms with van der Waals surface area (Å²) in [5.41, 5.74) is 2.01. The Kier molecular flexibility index (Phi) is 4.20. The van der Waals surface area contributed by atoms with Gasteiger partial charge in [-0.15, -0.1) is 11.3 Å². The van der Waals surface area contributed by atoms with Crippen LogP contribution in [-0.2, 0) is 4.79 Å². The van der Waals surface area contributed by atoms with Crippen molar-refractivity contribution >= 4 is 28.7 Å². The van der Waals surface area contributed by atoms with Crippen molar-refractivity contribution in [3.63, 3.8) is 0 Å². The number of para-hydroxylation sites is 1. The summed E-state index contributed by atoms with van der Waals surface area (Å²) < 4.78 is 4.91. The van der Waals surface area contributed by atoms with Crippen molar-refractivity contribution < 1.29 is 9.32 Å². The molecule has 0 radical (unpaired) electrons. The van der Waals surface area contributed by atoms with E-state index in [0.717, 1.165) is 16.1 Å². The molecule has 0 fully saturated rings. The summed E-state index contributed by atoms with van der Waals surface area (Å²) in [4.78, 5) is 13.1. The van der Waals surface area contributed by atoms with Gasteiger partial charge in [0.25, 0.3) is 0 Å². The first kappa shape index (κ1) is 14.3. The molecule has 3 rings (SSSR count). The highest BCUT2D eigenvalue weighted by atomic mass is 32.1. The summed E-state index contributed by atoms with van der Waals surface area (Å²) in [5.74, 6) is 0.913. The molecule has 0 bridgehead atoms. The van der Waals surface area contributed by atoms with Crippen LogP contribution in [0.3, 0.4) is 0 Å². The van der Waals surface area contributed by atoms with Crippen molar-refractivity contribution in [1.29, 1.82) is 0 Å². The molecule has 2 heterocycles.